The van der Waals surface area contributed by atoms with Gasteiger partial charge in [0.25, 0.3) is 0 Å². The monoisotopic (exact) mass is 321 g/mol. The normalized spacial score (nSPS) is 25.4. The summed E-state index contributed by atoms with van der Waals surface area (Å²) in [7, 11) is 0. The third-order valence-electron chi connectivity index (χ3n) is 5.02. The zero-order valence-corrected chi connectivity index (χ0v) is 13.2. The van der Waals surface area contributed by atoms with E-state index in [4.69, 9.17) is 9.63 Å². The van der Waals surface area contributed by atoms with Crippen LogP contribution in [0.1, 0.15) is 69.0 Å². The largest absolute Gasteiger partial charge is 0.481 e. The lowest BCUT2D eigenvalue weighted by Crippen LogP contribution is -2.29. The van der Waals surface area contributed by atoms with Crippen molar-refractivity contribution in [1.82, 2.24) is 15.5 Å². The molecule has 2 saturated carbocycles. The fourth-order valence-corrected chi connectivity index (χ4v) is 3.62. The quantitative estimate of drug-likeness (QED) is 0.861. The first-order valence-corrected chi connectivity index (χ1v) is 8.46. The van der Waals surface area contributed by atoms with Gasteiger partial charge in [-0.25, -0.2) is 0 Å². The van der Waals surface area contributed by atoms with Crippen molar-refractivity contribution >= 4 is 11.9 Å². The Morgan fingerprint density at radius 3 is 2.57 bits per heavy atom. The zero-order chi connectivity index (χ0) is 16.2. The van der Waals surface area contributed by atoms with Crippen molar-refractivity contribution in [2.45, 2.75) is 63.8 Å². The Labute approximate surface area is 134 Å². The molecule has 7 nitrogen and oxygen atoms in total. The fraction of sp³-hybridized carbons (Fsp3) is 0.750. The van der Waals surface area contributed by atoms with Crippen LogP contribution < -0.4 is 5.32 Å². The summed E-state index contributed by atoms with van der Waals surface area (Å²) in [6, 6.07) is 0. The Hall–Kier alpha value is -1.92. The van der Waals surface area contributed by atoms with Crippen molar-refractivity contribution in [2.75, 3.05) is 0 Å². The molecular formula is C16H23N3O4. The molecule has 0 bridgehead atoms. The molecule has 2 aliphatic rings. The van der Waals surface area contributed by atoms with Gasteiger partial charge in [0.2, 0.25) is 11.8 Å². The summed E-state index contributed by atoms with van der Waals surface area (Å²) in [4.78, 5) is 27.4. The molecule has 0 aromatic carbocycles. The summed E-state index contributed by atoms with van der Waals surface area (Å²) in [5, 5.41) is 15.8. The topological polar surface area (TPSA) is 105 Å². The number of rotatable bonds is 5. The number of hydrogen-bond acceptors (Lipinski definition) is 5. The molecule has 2 atom stereocenters. The van der Waals surface area contributed by atoms with Crippen LogP contribution in [0.3, 0.4) is 0 Å². The summed E-state index contributed by atoms with van der Waals surface area (Å²) >= 11 is 0. The van der Waals surface area contributed by atoms with Gasteiger partial charge in [-0.1, -0.05) is 24.4 Å². The first-order chi connectivity index (χ1) is 11.1. The summed E-state index contributed by atoms with van der Waals surface area (Å²) in [6.07, 6.45) is 7.50. The van der Waals surface area contributed by atoms with Gasteiger partial charge in [-0.2, -0.15) is 4.98 Å². The predicted molar refractivity (Wildman–Crippen MR) is 80.4 cm³/mol. The van der Waals surface area contributed by atoms with E-state index < -0.39 is 11.9 Å². The molecule has 2 fully saturated rings. The van der Waals surface area contributed by atoms with Crippen molar-refractivity contribution in [3.05, 3.63) is 11.7 Å². The molecule has 0 saturated heterocycles. The molecule has 2 N–H and O–H groups in total. The highest BCUT2D eigenvalue weighted by atomic mass is 16.5. The van der Waals surface area contributed by atoms with Crippen molar-refractivity contribution in [1.29, 1.82) is 0 Å². The average molecular weight is 321 g/mol. The van der Waals surface area contributed by atoms with Crippen LogP contribution in [0.2, 0.25) is 0 Å². The Morgan fingerprint density at radius 2 is 1.87 bits per heavy atom. The Bertz CT molecular complexity index is 565. The van der Waals surface area contributed by atoms with E-state index in [9.17, 15) is 9.59 Å². The van der Waals surface area contributed by atoms with E-state index in [1.807, 2.05) is 0 Å². The number of nitrogens with one attached hydrogen (secondary N) is 1. The number of carbonyl (C=O) groups is 2. The Balaban J connectivity index is 1.48. The number of amides is 1. The Kier molecular flexibility index (Phi) is 4.93. The van der Waals surface area contributed by atoms with Crippen molar-refractivity contribution in [3.8, 4) is 0 Å². The molecule has 1 aromatic heterocycles. The molecule has 0 radical (unpaired) electrons. The smallest absolute Gasteiger partial charge is 0.306 e. The molecule has 7 heteroatoms. The molecule has 0 unspecified atom stereocenters. The van der Waals surface area contributed by atoms with Crippen LogP contribution >= 0.6 is 0 Å². The van der Waals surface area contributed by atoms with E-state index >= 15 is 0 Å². The first-order valence-electron chi connectivity index (χ1n) is 8.46. The van der Waals surface area contributed by atoms with Gasteiger partial charge in [0, 0.05) is 11.8 Å². The predicted octanol–water partition coefficient (Wildman–Crippen LogP) is 2.23. The number of carboxylic acids is 1. The number of carboxylic acid groups (broad SMARTS) is 1. The van der Waals surface area contributed by atoms with E-state index in [1.54, 1.807) is 0 Å². The second-order valence-corrected chi connectivity index (χ2v) is 6.64. The second-order valence-electron chi connectivity index (χ2n) is 6.64. The SMILES string of the molecule is O=C(O)[C@@H]1CC[C@H](C(=O)NCc2nc(C3CCCCC3)no2)C1. The van der Waals surface area contributed by atoms with Crippen molar-refractivity contribution in [2.24, 2.45) is 11.8 Å². The van der Waals surface area contributed by atoms with Gasteiger partial charge in [-0.3, -0.25) is 9.59 Å². The van der Waals surface area contributed by atoms with E-state index in [0.717, 1.165) is 18.7 Å². The number of carbonyl (C=O) groups excluding carboxylic acids is 1. The highest BCUT2D eigenvalue weighted by Gasteiger charge is 2.33. The summed E-state index contributed by atoms with van der Waals surface area (Å²) in [5.74, 6) is -0.0000405. The van der Waals surface area contributed by atoms with Crippen LogP contribution in [-0.4, -0.2) is 27.1 Å². The molecule has 1 amide bonds. The fourth-order valence-electron chi connectivity index (χ4n) is 3.62. The molecule has 0 aliphatic heterocycles. The van der Waals surface area contributed by atoms with E-state index in [0.29, 0.717) is 31.1 Å². The number of aromatic nitrogens is 2. The van der Waals surface area contributed by atoms with Crippen LogP contribution in [-0.2, 0) is 16.1 Å². The van der Waals surface area contributed by atoms with Crippen LogP contribution in [0.25, 0.3) is 0 Å². The minimum Gasteiger partial charge on any atom is -0.481 e. The van der Waals surface area contributed by atoms with E-state index in [-0.39, 0.29) is 18.4 Å². The molecule has 23 heavy (non-hydrogen) atoms. The maximum atomic E-state index is 12.1. The van der Waals surface area contributed by atoms with E-state index in [1.165, 1.54) is 19.3 Å². The molecule has 3 rings (SSSR count). The number of nitrogens with zero attached hydrogens (tertiary/aromatic N) is 2. The maximum Gasteiger partial charge on any atom is 0.306 e. The lowest BCUT2D eigenvalue weighted by atomic mass is 9.89. The minimum absolute atomic E-state index is 0.119. The van der Waals surface area contributed by atoms with Crippen LogP contribution in [0.15, 0.2) is 4.52 Å². The third-order valence-corrected chi connectivity index (χ3v) is 5.02. The van der Waals surface area contributed by atoms with Gasteiger partial charge < -0.3 is 14.9 Å². The van der Waals surface area contributed by atoms with Crippen molar-refractivity contribution in [3.63, 3.8) is 0 Å². The van der Waals surface area contributed by atoms with Gasteiger partial charge in [-0.05, 0) is 32.1 Å². The third kappa shape index (κ3) is 3.89. The van der Waals surface area contributed by atoms with Gasteiger partial charge in [0.05, 0.1) is 12.5 Å². The number of hydrogen-bond donors (Lipinski definition) is 2. The van der Waals surface area contributed by atoms with Crippen LogP contribution in [0, 0.1) is 11.8 Å². The highest BCUT2D eigenvalue weighted by molar-refractivity contribution is 5.80. The second kappa shape index (κ2) is 7.10. The number of aliphatic carboxylic acids is 1. The summed E-state index contributed by atoms with van der Waals surface area (Å²) < 4.78 is 5.22. The van der Waals surface area contributed by atoms with Gasteiger partial charge in [0.15, 0.2) is 5.82 Å². The van der Waals surface area contributed by atoms with Gasteiger partial charge >= 0.3 is 5.97 Å². The standard InChI is InChI=1S/C16H23N3O4/c20-15(11-6-7-12(8-11)16(21)22)17-9-13-18-14(19-23-13)10-4-2-1-3-5-10/h10-12H,1-9H2,(H,17,20)(H,21,22)/t11-,12+/m0/s1. The Morgan fingerprint density at radius 1 is 1.13 bits per heavy atom. The molecule has 126 valence electrons. The lowest BCUT2D eigenvalue weighted by Gasteiger charge is -2.17. The molecule has 2 aliphatic carbocycles. The van der Waals surface area contributed by atoms with Crippen molar-refractivity contribution < 1.29 is 19.2 Å². The highest BCUT2D eigenvalue weighted by Crippen LogP contribution is 2.32. The van der Waals surface area contributed by atoms with Gasteiger partial charge in [-0.15, -0.1) is 0 Å². The summed E-state index contributed by atoms with van der Waals surface area (Å²) in [5.41, 5.74) is 0. The first kappa shape index (κ1) is 16.0. The minimum atomic E-state index is -0.811. The molecule has 1 aromatic rings. The van der Waals surface area contributed by atoms with Crippen LogP contribution in [0.5, 0.6) is 0 Å². The molecule has 0 spiro atoms. The average Bonchev–Trinajstić information content (AvgIpc) is 3.23. The molecule has 1 heterocycles. The van der Waals surface area contributed by atoms with E-state index in [2.05, 4.69) is 15.5 Å². The zero-order valence-electron chi connectivity index (χ0n) is 13.2. The molecular weight excluding hydrogens is 298 g/mol. The maximum absolute atomic E-state index is 12.1. The van der Waals surface area contributed by atoms with Crippen LogP contribution in [0.4, 0.5) is 0 Å². The summed E-state index contributed by atoms with van der Waals surface area (Å²) in [6.45, 7) is 0.215. The van der Waals surface area contributed by atoms with Gasteiger partial charge in [0.1, 0.15) is 0 Å². The lowest BCUT2D eigenvalue weighted by molar-refractivity contribution is -0.141.